The van der Waals surface area contributed by atoms with E-state index in [0.29, 0.717) is 5.75 Å². The molecule has 0 amide bonds. The molecule has 0 saturated heterocycles. The molecule has 0 fully saturated rings. The normalized spacial score (nSPS) is 12.0. The van der Waals surface area contributed by atoms with E-state index in [4.69, 9.17) is 15.2 Å². The highest BCUT2D eigenvalue weighted by molar-refractivity contribution is 5.79. The first-order valence-electron chi connectivity index (χ1n) is 5.07. The molecule has 16 heavy (non-hydrogen) atoms. The fraction of sp³-hybridized carbons (Fsp3) is 0.417. The highest BCUT2D eigenvalue weighted by Crippen LogP contribution is 2.29. The van der Waals surface area contributed by atoms with Crippen molar-refractivity contribution in [3.8, 4) is 5.75 Å². The lowest BCUT2D eigenvalue weighted by atomic mass is 9.96. The minimum absolute atomic E-state index is 0.201. The predicted molar refractivity (Wildman–Crippen MR) is 61.5 cm³/mol. The van der Waals surface area contributed by atoms with Gasteiger partial charge in [-0.1, -0.05) is 18.2 Å². The molecule has 4 heteroatoms. The van der Waals surface area contributed by atoms with E-state index in [0.717, 1.165) is 11.1 Å². The van der Waals surface area contributed by atoms with Gasteiger partial charge >= 0.3 is 5.97 Å². The molecule has 1 rings (SSSR count). The average molecular weight is 223 g/mol. The molecule has 0 aliphatic rings. The van der Waals surface area contributed by atoms with Crippen LogP contribution in [0.5, 0.6) is 5.75 Å². The fourth-order valence-corrected chi connectivity index (χ4v) is 1.72. The average Bonchev–Trinajstić information content (AvgIpc) is 2.30. The van der Waals surface area contributed by atoms with E-state index in [1.807, 2.05) is 25.1 Å². The van der Waals surface area contributed by atoms with Gasteiger partial charge in [0.2, 0.25) is 0 Å². The van der Waals surface area contributed by atoms with Gasteiger partial charge in [-0.2, -0.15) is 0 Å². The summed E-state index contributed by atoms with van der Waals surface area (Å²) in [6, 6.07) is 5.63. The zero-order valence-corrected chi connectivity index (χ0v) is 9.82. The molecular weight excluding hydrogens is 206 g/mol. The number of hydrogen-bond acceptors (Lipinski definition) is 4. The van der Waals surface area contributed by atoms with E-state index < -0.39 is 5.92 Å². The van der Waals surface area contributed by atoms with E-state index in [1.54, 1.807) is 7.11 Å². The SMILES string of the molecule is COC(=O)C(CN)c1cccc(C)c1OC. The topological polar surface area (TPSA) is 61.5 Å². The summed E-state index contributed by atoms with van der Waals surface area (Å²) in [6.07, 6.45) is 0. The van der Waals surface area contributed by atoms with Gasteiger partial charge in [0.15, 0.2) is 0 Å². The molecule has 88 valence electrons. The molecule has 0 aromatic heterocycles. The monoisotopic (exact) mass is 223 g/mol. The Morgan fingerprint density at radius 2 is 2.12 bits per heavy atom. The minimum Gasteiger partial charge on any atom is -0.496 e. The lowest BCUT2D eigenvalue weighted by Crippen LogP contribution is -2.23. The molecule has 0 saturated carbocycles. The Morgan fingerprint density at radius 3 is 2.62 bits per heavy atom. The van der Waals surface area contributed by atoms with Gasteiger partial charge in [-0.05, 0) is 12.5 Å². The Kier molecular flexibility index (Phi) is 4.31. The fourth-order valence-electron chi connectivity index (χ4n) is 1.72. The van der Waals surface area contributed by atoms with Crippen molar-refractivity contribution in [2.45, 2.75) is 12.8 Å². The molecular formula is C12H17NO3. The number of nitrogens with two attached hydrogens (primary N) is 1. The summed E-state index contributed by atoms with van der Waals surface area (Å²) in [5.41, 5.74) is 7.35. The highest BCUT2D eigenvalue weighted by atomic mass is 16.5. The number of ether oxygens (including phenoxy) is 2. The Bertz CT molecular complexity index is 377. The van der Waals surface area contributed by atoms with Crippen LogP contribution in [0.3, 0.4) is 0 Å². The molecule has 2 N–H and O–H groups in total. The van der Waals surface area contributed by atoms with Crippen molar-refractivity contribution < 1.29 is 14.3 Å². The number of esters is 1. The van der Waals surface area contributed by atoms with Crippen LogP contribution in [0.25, 0.3) is 0 Å². The van der Waals surface area contributed by atoms with Crippen LogP contribution in [-0.4, -0.2) is 26.7 Å². The molecule has 0 aliphatic carbocycles. The van der Waals surface area contributed by atoms with Gasteiger partial charge in [0.1, 0.15) is 5.75 Å². The third kappa shape index (κ3) is 2.33. The highest BCUT2D eigenvalue weighted by Gasteiger charge is 2.23. The van der Waals surface area contributed by atoms with Crippen LogP contribution in [-0.2, 0) is 9.53 Å². The summed E-state index contributed by atoms with van der Waals surface area (Å²) in [5.74, 6) is -0.116. The lowest BCUT2D eigenvalue weighted by Gasteiger charge is -2.17. The van der Waals surface area contributed by atoms with E-state index in [-0.39, 0.29) is 12.5 Å². The largest absolute Gasteiger partial charge is 0.496 e. The van der Waals surface area contributed by atoms with Crippen LogP contribution >= 0.6 is 0 Å². The second kappa shape index (κ2) is 5.51. The van der Waals surface area contributed by atoms with E-state index in [9.17, 15) is 4.79 Å². The van der Waals surface area contributed by atoms with Crippen molar-refractivity contribution in [3.63, 3.8) is 0 Å². The summed E-state index contributed by atoms with van der Waals surface area (Å²) < 4.78 is 10.0. The first-order valence-corrected chi connectivity index (χ1v) is 5.07. The van der Waals surface area contributed by atoms with E-state index >= 15 is 0 Å². The Hall–Kier alpha value is -1.55. The number of methoxy groups -OCH3 is 2. The quantitative estimate of drug-likeness (QED) is 0.779. The van der Waals surface area contributed by atoms with Crippen LogP contribution in [0.15, 0.2) is 18.2 Å². The summed E-state index contributed by atoms with van der Waals surface area (Å²) in [4.78, 5) is 11.6. The van der Waals surface area contributed by atoms with Gasteiger partial charge in [-0.3, -0.25) is 4.79 Å². The number of para-hydroxylation sites is 1. The number of rotatable bonds is 4. The van der Waals surface area contributed by atoms with Gasteiger partial charge in [0, 0.05) is 12.1 Å². The maximum Gasteiger partial charge on any atom is 0.314 e. The maximum absolute atomic E-state index is 11.6. The zero-order chi connectivity index (χ0) is 12.1. The molecule has 4 nitrogen and oxygen atoms in total. The van der Waals surface area contributed by atoms with Gasteiger partial charge in [-0.15, -0.1) is 0 Å². The van der Waals surface area contributed by atoms with Gasteiger partial charge in [0.05, 0.1) is 20.1 Å². The Balaban J connectivity index is 3.19. The predicted octanol–water partition coefficient (Wildman–Crippen LogP) is 1.22. The molecule has 1 unspecified atom stereocenters. The molecule has 1 atom stereocenters. The number of carbonyl (C=O) groups is 1. The maximum atomic E-state index is 11.6. The van der Waals surface area contributed by atoms with Crippen LogP contribution < -0.4 is 10.5 Å². The number of carbonyl (C=O) groups excluding carboxylic acids is 1. The van der Waals surface area contributed by atoms with E-state index in [2.05, 4.69) is 0 Å². The van der Waals surface area contributed by atoms with Gasteiger partial charge < -0.3 is 15.2 Å². The van der Waals surface area contributed by atoms with Crippen molar-refractivity contribution in [1.29, 1.82) is 0 Å². The molecule has 0 spiro atoms. The first kappa shape index (κ1) is 12.5. The lowest BCUT2D eigenvalue weighted by molar-refractivity contribution is -0.142. The minimum atomic E-state index is -0.472. The molecule has 0 bridgehead atoms. The van der Waals surface area contributed by atoms with Crippen LogP contribution in [0.2, 0.25) is 0 Å². The van der Waals surface area contributed by atoms with Gasteiger partial charge in [-0.25, -0.2) is 0 Å². The van der Waals surface area contributed by atoms with Crippen molar-refractivity contribution >= 4 is 5.97 Å². The standard InChI is InChI=1S/C12H17NO3/c1-8-5-4-6-9(11(8)15-2)10(7-13)12(14)16-3/h4-6,10H,7,13H2,1-3H3. The number of benzene rings is 1. The first-order chi connectivity index (χ1) is 7.65. The molecule has 1 aromatic rings. The molecule has 1 aromatic carbocycles. The van der Waals surface area contributed by atoms with Gasteiger partial charge in [0.25, 0.3) is 0 Å². The zero-order valence-electron chi connectivity index (χ0n) is 9.82. The third-order valence-corrected chi connectivity index (χ3v) is 2.54. The summed E-state index contributed by atoms with van der Waals surface area (Å²) in [6.45, 7) is 2.12. The third-order valence-electron chi connectivity index (χ3n) is 2.54. The van der Waals surface area contributed by atoms with Crippen molar-refractivity contribution in [3.05, 3.63) is 29.3 Å². The van der Waals surface area contributed by atoms with Crippen LogP contribution in [0, 0.1) is 6.92 Å². The Morgan fingerprint density at radius 1 is 1.44 bits per heavy atom. The van der Waals surface area contributed by atoms with Crippen LogP contribution in [0.1, 0.15) is 17.0 Å². The summed E-state index contributed by atoms with van der Waals surface area (Å²) in [5, 5.41) is 0. The summed E-state index contributed by atoms with van der Waals surface area (Å²) >= 11 is 0. The van der Waals surface area contributed by atoms with Crippen molar-refractivity contribution in [2.24, 2.45) is 5.73 Å². The van der Waals surface area contributed by atoms with Crippen molar-refractivity contribution in [2.75, 3.05) is 20.8 Å². The van der Waals surface area contributed by atoms with E-state index in [1.165, 1.54) is 7.11 Å². The molecule has 0 heterocycles. The second-order valence-electron chi connectivity index (χ2n) is 3.51. The number of aryl methyl sites for hydroxylation is 1. The summed E-state index contributed by atoms with van der Waals surface area (Å²) in [7, 11) is 2.93. The van der Waals surface area contributed by atoms with Crippen LogP contribution in [0.4, 0.5) is 0 Å². The second-order valence-corrected chi connectivity index (χ2v) is 3.51. The molecule has 0 aliphatic heterocycles. The molecule has 0 radical (unpaired) electrons. The van der Waals surface area contributed by atoms with Crippen molar-refractivity contribution in [1.82, 2.24) is 0 Å². The number of hydrogen-bond donors (Lipinski definition) is 1. The Labute approximate surface area is 95.3 Å². The smallest absolute Gasteiger partial charge is 0.314 e.